The molecule has 114 valence electrons. The van der Waals surface area contributed by atoms with Crippen molar-refractivity contribution in [3.05, 3.63) is 35.9 Å². The van der Waals surface area contributed by atoms with Gasteiger partial charge in [-0.15, -0.1) is 12.4 Å². The number of hydrogen-bond acceptors (Lipinski definition) is 3. The summed E-state index contributed by atoms with van der Waals surface area (Å²) >= 11 is 0. The molecule has 4 N–H and O–H groups in total. The Morgan fingerprint density at radius 2 is 1.80 bits per heavy atom. The summed E-state index contributed by atoms with van der Waals surface area (Å²) in [5, 5.41) is 13.0. The number of halogens is 1. The van der Waals surface area contributed by atoms with Crippen molar-refractivity contribution in [1.29, 1.82) is 0 Å². The summed E-state index contributed by atoms with van der Waals surface area (Å²) < 4.78 is 0. The minimum absolute atomic E-state index is 0. The minimum Gasteiger partial charge on any atom is -0.388 e. The molecule has 0 saturated heterocycles. The fraction of sp³-hybridized carbons (Fsp3) is 0.533. The predicted octanol–water partition coefficient (Wildman–Crippen LogP) is 2.02. The second kappa shape index (κ2) is 8.95. The largest absolute Gasteiger partial charge is 0.388 e. The summed E-state index contributed by atoms with van der Waals surface area (Å²) in [6.07, 6.45) is -0.0800. The Balaban J connectivity index is 0.00000361. The molecule has 0 bridgehead atoms. The van der Waals surface area contributed by atoms with Gasteiger partial charge < -0.3 is 16.2 Å². The van der Waals surface area contributed by atoms with Gasteiger partial charge in [-0.2, -0.15) is 0 Å². The van der Waals surface area contributed by atoms with Crippen molar-refractivity contribution in [1.82, 2.24) is 5.32 Å². The van der Waals surface area contributed by atoms with Gasteiger partial charge in [0.2, 0.25) is 5.91 Å². The number of aliphatic hydroxyl groups excluding tert-OH is 1. The number of carbonyl (C=O) groups is 1. The number of carbonyl (C=O) groups excluding carboxylic acids is 1. The van der Waals surface area contributed by atoms with Gasteiger partial charge in [-0.1, -0.05) is 37.3 Å². The van der Waals surface area contributed by atoms with Crippen molar-refractivity contribution in [2.24, 2.45) is 11.7 Å². The van der Waals surface area contributed by atoms with E-state index in [9.17, 15) is 9.90 Å². The highest BCUT2D eigenvalue weighted by Gasteiger charge is 2.20. The van der Waals surface area contributed by atoms with E-state index in [1.807, 2.05) is 44.2 Å². The lowest BCUT2D eigenvalue weighted by Crippen LogP contribution is -2.42. The van der Waals surface area contributed by atoms with Crippen molar-refractivity contribution in [3.63, 3.8) is 0 Å². The van der Waals surface area contributed by atoms with Gasteiger partial charge in [0.15, 0.2) is 0 Å². The van der Waals surface area contributed by atoms with Gasteiger partial charge in [0.05, 0.1) is 6.10 Å². The molecular formula is C15H25ClN2O2. The molecule has 1 aromatic carbocycles. The molecule has 0 aliphatic carbocycles. The van der Waals surface area contributed by atoms with Crippen LogP contribution in [-0.2, 0) is 4.79 Å². The van der Waals surface area contributed by atoms with Crippen molar-refractivity contribution in [2.45, 2.75) is 45.4 Å². The van der Waals surface area contributed by atoms with Crippen LogP contribution in [0.2, 0.25) is 0 Å². The fourth-order valence-electron chi connectivity index (χ4n) is 1.82. The van der Waals surface area contributed by atoms with E-state index in [0.29, 0.717) is 6.42 Å². The Bertz CT molecular complexity index is 398. The Labute approximate surface area is 127 Å². The van der Waals surface area contributed by atoms with Gasteiger partial charge in [-0.05, 0) is 25.8 Å². The molecule has 1 rings (SSSR count). The molecule has 1 aromatic rings. The SMILES string of the molecule is CC(CC(O)c1ccccc1)NC(=O)C(C)C(C)N.Cl. The molecular weight excluding hydrogens is 276 g/mol. The molecule has 1 amide bonds. The summed E-state index contributed by atoms with van der Waals surface area (Å²) in [4.78, 5) is 11.8. The van der Waals surface area contributed by atoms with Crippen LogP contribution in [-0.4, -0.2) is 23.1 Å². The maximum absolute atomic E-state index is 11.8. The highest BCUT2D eigenvalue weighted by atomic mass is 35.5. The normalized spacial score (nSPS) is 16.4. The third-order valence-electron chi connectivity index (χ3n) is 3.35. The van der Waals surface area contributed by atoms with E-state index in [1.165, 1.54) is 0 Å². The van der Waals surface area contributed by atoms with E-state index in [4.69, 9.17) is 5.73 Å². The van der Waals surface area contributed by atoms with Crippen LogP contribution >= 0.6 is 12.4 Å². The predicted molar refractivity (Wildman–Crippen MR) is 83.7 cm³/mol. The monoisotopic (exact) mass is 300 g/mol. The lowest BCUT2D eigenvalue weighted by Gasteiger charge is -2.21. The summed E-state index contributed by atoms with van der Waals surface area (Å²) in [6, 6.07) is 9.18. The summed E-state index contributed by atoms with van der Waals surface area (Å²) in [5.74, 6) is -0.293. The molecule has 0 spiro atoms. The zero-order valence-corrected chi connectivity index (χ0v) is 13.1. The van der Waals surface area contributed by atoms with E-state index < -0.39 is 6.10 Å². The van der Waals surface area contributed by atoms with Gasteiger partial charge >= 0.3 is 0 Å². The van der Waals surface area contributed by atoms with E-state index in [0.717, 1.165) is 5.56 Å². The first-order chi connectivity index (χ1) is 8.91. The molecule has 0 aliphatic rings. The molecule has 5 heteroatoms. The first-order valence-corrected chi connectivity index (χ1v) is 6.70. The number of nitrogens with two attached hydrogens (primary N) is 1. The van der Waals surface area contributed by atoms with E-state index in [2.05, 4.69) is 5.32 Å². The number of hydrogen-bond donors (Lipinski definition) is 3. The van der Waals surface area contributed by atoms with Crippen LogP contribution in [0.25, 0.3) is 0 Å². The topological polar surface area (TPSA) is 75.3 Å². The van der Waals surface area contributed by atoms with Crippen LogP contribution in [0.5, 0.6) is 0 Å². The number of benzene rings is 1. The number of amides is 1. The highest BCUT2D eigenvalue weighted by molar-refractivity contribution is 5.85. The van der Waals surface area contributed by atoms with Crippen LogP contribution in [0, 0.1) is 5.92 Å². The molecule has 0 aliphatic heterocycles. The Hall–Kier alpha value is -1.10. The molecule has 0 heterocycles. The maximum atomic E-state index is 11.8. The average molecular weight is 301 g/mol. The standard InChI is InChI=1S/C15H24N2O2.ClH/c1-10(17-15(19)11(2)12(3)16)9-14(18)13-7-5-4-6-8-13;/h4-8,10-12,14,18H,9,16H2,1-3H3,(H,17,19);1H. The first-order valence-electron chi connectivity index (χ1n) is 6.70. The quantitative estimate of drug-likeness (QED) is 0.752. The number of nitrogens with one attached hydrogen (secondary N) is 1. The van der Waals surface area contributed by atoms with Crippen molar-refractivity contribution < 1.29 is 9.90 Å². The van der Waals surface area contributed by atoms with Crippen LogP contribution in [0.4, 0.5) is 0 Å². The summed E-state index contributed by atoms with van der Waals surface area (Å²) in [6.45, 7) is 5.51. The first kappa shape index (κ1) is 18.9. The number of aliphatic hydroxyl groups is 1. The average Bonchev–Trinajstić information content (AvgIpc) is 2.38. The lowest BCUT2D eigenvalue weighted by atomic mass is 10.0. The molecule has 4 nitrogen and oxygen atoms in total. The summed E-state index contributed by atoms with van der Waals surface area (Å²) in [5.41, 5.74) is 6.56. The molecule has 20 heavy (non-hydrogen) atoms. The fourth-order valence-corrected chi connectivity index (χ4v) is 1.82. The van der Waals surface area contributed by atoms with Crippen LogP contribution in [0.1, 0.15) is 38.9 Å². The molecule has 0 radical (unpaired) electrons. The summed E-state index contributed by atoms with van der Waals surface area (Å²) in [7, 11) is 0. The van der Waals surface area contributed by atoms with Crippen molar-refractivity contribution >= 4 is 18.3 Å². The van der Waals surface area contributed by atoms with E-state index >= 15 is 0 Å². The molecule has 0 aromatic heterocycles. The van der Waals surface area contributed by atoms with E-state index in [1.54, 1.807) is 6.92 Å². The zero-order chi connectivity index (χ0) is 14.4. The highest BCUT2D eigenvalue weighted by Crippen LogP contribution is 2.17. The van der Waals surface area contributed by atoms with Crippen molar-refractivity contribution in [3.8, 4) is 0 Å². The van der Waals surface area contributed by atoms with Crippen LogP contribution < -0.4 is 11.1 Å². The number of rotatable bonds is 6. The second-order valence-corrected chi connectivity index (χ2v) is 5.22. The van der Waals surface area contributed by atoms with Gasteiger partial charge in [0, 0.05) is 18.0 Å². The minimum atomic E-state index is -0.567. The maximum Gasteiger partial charge on any atom is 0.224 e. The van der Waals surface area contributed by atoms with E-state index in [-0.39, 0.29) is 36.3 Å². The van der Waals surface area contributed by atoms with Gasteiger partial charge in [-0.3, -0.25) is 4.79 Å². The molecule has 4 atom stereocenters. The van der Waals surface area contributed by atoms with Crippen molar-refractivity contribution in [2.75, 3.05) is 0 Å². The van der Waals surface area contributed by atoms with Gasteiger partial charge in [0.1, 0.15) is 0 Å². The lowest BCUT2D eigenvalue weighted by molar-refractivity contribution is -0.125. The second-order valence-electron chi connectivity index (χ2n) is 5.22. The smallest absolute Gasteiger partial charge is 0.224 e. The Morgan fingerprint density at radius 3 is 2.30 bits per heavy atom. The van der Waals surface area contributed by atoms with Crippen LogP contribution in [0.3, 0.4) is 0 Å². The molecule has 0 fully saturated rings. The third kappa shape index (κ3) is 5.90. The third-order valence-corrected chi connectivity index (χ3v) is 3.35. The molecule has 0 saturated carbocycles. The molecule has 4 unspecified atom stereocenters. The Morgan fingerprint density at radius 1 is 1.25 bits per heavy atom. The zero-order valence-electron chi connectivity index (χ0n) is 12.2. The van der Waals surface area contributed by atoms with Gasteiger partial charge in [0.25, 0.3) is 0 Å². The Kier molecular flexibility index (Phi) is 8.46. The van der Waals surface area contributed by atoms with Crippen LogP contribution in [0.15, 0.2) is 30.3 Å². The van der Waals surface area contributed by atoms with Gasteiger partial charge in [-0.25, -0.2) is 0 Å².